The van der Waals surface area contributed by atoms with E-state index < -0.39 is 0 Å². The second kappa shape index (κ2) is 5.86. The zero-order valence-corrected chi connectivity index (χ0v) is 15.0. The number of hydrogen-bond acceptors (Lipinski definition) is 4. The number of nitrogens with one attached hydrogen (secondary N) is 1. The number of carbonyl (C=O) groups excluding carboxylic acids is 1. The highest BCUT2D eigenvalue weighted by molar-refractivity contribution is 7.15. The second-order valence-corrected chi connectivity index (χ2v) is 6.76. The van der Waals surface area contributed by atoms with Gasteiger partial charge in [-0.1, -0.05) is 18.2 Å². The lowest BCUT2D eigenvalue weighted by Gasteiger charge is -2.10. The number of carbonyl (C=O) groups is 1. The summed E-state index contributed by atoms with van der Waals surface area (Å²) in [5.41, 5.74) is 4.64. The van der Waals surface area contributed by atoms with Crippen LogP contribution in [-0.4, -0.2) is 25.1 Å². The van der Waals surface area contributed by atoms with Gasteiger partial charge in [0.15, 0.2) is 4.96 Å². The fraction of sp³-hybridized carbons (Fsp3) is 0.167. The number of aryl methyl sites for hydroxylation is 2. The number of thiazole rings is 1. The summed E-state index contributed by atoms with van der Waals surface area (Å²) in [6.07, 6.45) is 3.94. The highest BCUT2D eigenvalue weighted by Crippen LogP contribution is 2.29. The van der Waals surface area contributed by atoms with E-state index in [0.717, 1.165) is 33.3 Å². The Kier molecular flexibility index (Phi) is 3.65. The van der Waals surface area contributed by atoms with Crippen molar-refractivity contribution in [3.8, 4) is 11.3 Å². The number of amides is 1. The van der Waals surface area contributed by atoms with Crippen molar-refractivity contribution in [3.63, 3.8) is 0 Å². The van der Waals surface area contributed by atoms with Crippen molar-refractivity contribution in [2.24, 2.45) is 7.05 Å². The van der Waals surface area contributed by atoms with Crippen LogP contribution < -0.4 is 5.32 Å². The Morgan fingerprint density at radius 2 is 2.04 bits per heavy atom. The quantitative estimate of drug-likeness (QED) is 0.612. The van der Waals surface area contributed by atoms with Gasteiger partial charge < -0.3 is 5.32 Å². The summed E-state index contributed by atoms with van der Waals surface area (Å²) in [6, 6.07) is 7.70. The van der Waals surface area contributed by atoms with Crippen LogP contribution in [0.1, 0.15) is 21.7 Å². The molecule has 0 radical (unpaired) electrons. The smallest absolute Gasteiger partial charge is 0.259 e. The summed E-state index contributed by atoms with van der Waals surface area (Å²) in [4.78, 5) is 18.3. The van der Waals surface area contributed by atoms with Gasteiger partial charge in [0.1, 0.15) is 0 Å². The molecule has 7 heteroatoms. The van der Waals surface area contributed by atoms with Crippen molar-refractivity contribution in [1.82, 2.24) is 19.2 Å². The maximum atomic E-state index is 12.8. The van der Waals surface area contributed by atoms with Gasteiger partial charge in [-0.15, -0.1) is 11.3 Å². The largest absolute Gasteiger partial charge is 0.321 e. The molecular formula is C18H17N5OS. The van der Waals surface area contributed by atoms with Crippen LogP contribution in [0.25, 0.3) is 16.2 Å². The highest BCUT2D eigenvalue weighted by Gasteiger charge is 2.19. The first-order valence-corrected chi connectivity index (χ1v) is 8.75. The third kappa shape index (κ3) is 2.62. The second-order valence-electron chi connectivity index (χ2n) is 5.89. The Morgan fingerprint density at radius 1 is 1.24 bits per heavy atom. The van der Waals surface area contributed by atoms with Crippen molar-refractivity contribution < 1.29 is 4.79 Å². The number of imidazole rings is 1. The Bertz CT molecular complexity index is 1060. The lowest BCUT2D eigenvalue weighted by molar-refractivity contribution is 0.102. The molecule has 0 unspecified atom stereocenters. The first kappa shape index (κ1) is 15.6. The third-order valence-electron chi connectivity index (χ3n) is 4.28. The third-order valence-corrected chi connectivity index (χ3v) is 5.05. The predicted molar refractivity (Wildman–Crippen MR) is 99.1 cm³/mol. The predicted octanol–water partition coefficient (Wildman–Crippen LogP) is 3.67. The fourth-order valence-electron chi connectivity index (χ4n) is 2.96. The molecule has 0 saturated carbocycles. The van der Waals surface area contributed by atoms with Crippen molar-refractivity contribution in [2.45, 2.75) is 13.8 Å². The van der Waals surface area contributed by atoms with Gasteiger partial charge >= 0.3 is 0 Å². The minimum atomic E-state index is -0.156. The van der Waals surface area contributed by atoms with E-state index in [1.165, 1.54) is 0 Å². The number of benzene rings is 1. The topological polar surface area (TPSA) is 64.2 Å². The molecule has 0 saturated heterocycles. The van der Waals surface area contributed by atoms with E-state index >= 15 is 0 Å². The summed E-state index contributed by atoms with van der Waals surface area (Å²) < 4.78 is 3.70. The zero-order valence-electron chi connectivity index (χ0n) is 14.1. The maximum Gasteiger partial charge on any atom is 0.259 e. The van der Waals surface area contributed by atoms with E-state index in [1.54, 1.807) is 16.0 Å². The molecule has 4 rings (SSSR count). The van der Waals surface area contributed by atoms with E-state index in [-0.39, 0.29) is 5.91 Å². The van der Waals surface area contributed by atoms with Gasteiger partial charge in [0.05, 0.1) is 22.6 Å². The number of aromatic nitrogens is 4. The summed E-state index contributed by atoms with van der Waals surface area (Å²) in [7, 11) is 1.84. The number of nitrogens with zero attached hydrogens (tertiary/aromatic N) is 4. The molecule has 0 spiro atoms. The monoisotopic (exact) mass is 351 g/mol. The van der Waals surface area contributed by atoms with Gasteiger partial charge in [-0.05, 0) is 19.9 Å². The first-order valence-electron chi connectivity index (χ1n) is 7.87. The van der Waals surface area contributed by atoms with E-state index in [4.69, 9.17) is 0 Å². The molecule has 126 valence electrons. The van der Waals surface area contributed by atoms with Crippen molar-refractivity contribution in [2.75, 3.05) is 5.32 Å². The summed E-state index contributed by atoms with van der Waals surface area (Å²) in [5.74, 6) is -0.156. The Morgan fingerprint density at radius 3 is 2.76 bits per heavy atom. The van der Waals surface area contributed by atoms with E-state index in [1.807, 2.05) is 67.3 Å². The molecule has 3 aromatic heterocycles. The molecule has 0 aliphatic carbocycles. The fourth-order valence-corrected chi connectivity index (χ4v) is 3.66. The number of rotatable bonds is 3. The number of hydrogen-bond donors (Lipinski definition) is 1. The lowest BCUT2D eigenvalue weighted by Crippen LogP contribution is -2.14. The molecule has 0 aliphatic rings. The molecular weight excluding hydrogens is 334 g/mol. The normalized spacial score (nSPS) is 11.2. The molecule has 25 heavy (non-hydrogen) atoms. The highest BCUT2D eigenvalue weighted by atomic mass is 32.1. The standard InChI is InChI=1S/C18H17N5OS/c1-11-16(12(2)22(3)21-11)17(24)19-14-7-5-4-6-13(14)15-10-23-8-9-25-18(23)20-15/h4-10H,1-3H3,(H,19,24). The average Bonchev–Trinajstić information content (AvgIpc) is 3.22. The van der Waals surface area contributed by atoms with Crippen molar-refractivity contribution >= 4 is 27.9 Å². The van der Waals surface area contributed by atoms with Crippen LogP contribution in [0.5, 0.6) is 0 Å². The number of anilines is 1. The molecule has 6 nitrogen and oxygen atoms in total. The first-order chi connectivity index (χ1) is 12.0. The van der Waals surface area contributed by atoms with Crippen molar-refractivity contribution in [3.05, 3.63) is 59.0 Å². The number of fused-ring (bicyclic) bond motifs is 1. The molecule has 0 atom stereocenters. The molecule has 0 bridgehead atoms. The van der Waals surface area contributed by atoms with Crippen LogP contribution in [0.2, 0.25) is 0 Å². The van der Waals surface area contributed by atoms with Crippen LogP contribution in [0, 0.1) is 13.8 Å². The van der Waals surface area contributed by atoms with Gasteiger partial charge in [-0.2, -0.15) is 5.10 Å². The van der Waals surface area contributed by atoms with Gasteiger partial charge in [0.25, 0.3) is 5.91 Å². The Labute approximate surface area is 148 Å². The summed E-state index contributed by atoms with van der Waals surface area (Å²) >= 11 is 1.58. The van der Waals surface area contributed by atoms with Gasteiger partial charge in [-0.3, -0.25) is 13.9 Å². The maximum absolute atomic E-state index is 12.8. The van der Waals surface area contributed by atoms with Crippen LogP contribution in [0.15, 0.2) is 42.0 Å². The Hall–Kier alpha value is -2.93. The summed E-state index contributed by atoms with van der Waals surface area (Å²) in [6.45, 7) is 3.74. The Balaban J connectivity index is 1.72. The number of para-hydroxylation sites is 1. The minimum absolute atomic E-state index is 0.156. The van der Waals surface area contributed by atoms with Crippen molar-refractivity contribution in [1.29, 1.82) is 0 Å². The molecule has 0 aliphatic heterocycles. The van der Waals surface area contributed by atoms with E-state index in [9.17, 15) is 4.79 Å². The van der Waals surface area contributed by atoms with Crippen LogP contribution in [0.4, 0.5) is 5.69 Å². The SMILES string of the molecule is Cc1nn(C)c(C)c1C(=O)Nc1ccccc1-c1cn2ccsc2n1. The summed E-state index contributed by atoms with van der Waals surface area (Å²) in [5, 5.41) is 9.33. The van der Waals surface area contributed by atoms with Gasteiger partial charge in [0.2, 0.25) is 0 Å². The van der Waals surface area contributed by atoms with Crippen LogP contribution >= 0.6 is 11.3 Å². The van der Waals surface area contributed by atoms with E-state index in [2.05, 4.69) is 15.4 Å². The molecule has 3 heterocycles. The van der Waals surface area contributed by atoms with Gasteiger partial charge in [-0.25, -0.2) is 4.98 Å². The van der Waals surface area contributed by atoms with E-state index in [0.29, 0.717) is 5.56 Å². The molecule has 1 amide bonds. The lowest BCUT2D eigenvalue weighted by atomic mass is 10.1. The van der Waals surface area contributed by atoms with Crippen LogP contribution in [0.3, 0.4) is 0 Å². The minimum Gasteiger partial charge on any atom is -0.321 e. The van der Waals surface area contributed by atoms with Gasteiger partial charge in [0, 0.05) is 36.1 Å². The zero-order chi connectivity index (χ0) is 17.6. The van der Waals surface area contributed by atoms with Crippen LogP contribution in [-0.2, 0) is 7.05 Å². The molecule has 4 aromatic rings. The molecule has 0 fully saturated rings. The molecule has 1 N–H and O–H groups in total. The average molecular weight is 351 g/mol. The molecule has 1 aromatic carbocycles.